The number of fused-ring (bicyclic) bond motifs is 9. The average molecular weight is 545 g/mol. The van der Waals surface area contributed by atoms with Crippen LogP contribution < -0.4 is 0 Å². The van der Waals surface area contributed by atoms with Crippen molar-refractivity contribution in [3.8, 4) is 22.3 Å². The summed E-state index contributed by atoms with van der Waals surface area (Å²) in [6, 6.07) is -19.6. The van der Waals surface area contributed by atoms with Gasteiger partial charge in [-0.2, -0.15) is 0 Å². The van der Waals surface area contributed by atoms with Crippen LogP contribution in [0.4, 0.5) is 0 Å². The number of hydrogen-bond acceptors (Lipinski definition) is 1. The third kappa shape index (κ3) is 3.36. The molecular formula is C40H24O. The van der Waals surface area contributed by atoms with E-state index in [-0.39, 0.29) is 10.8 Å². The zero-order chi connectivity index (χ0) is 47.8. The maximum absolute atomic E-state index is 9.43. The van der Waals surface area contributed by atoms with Crippen molar-refractivity contribution in [2.45, 2.75) is 0 Å². The lowest BCUT2D eigenvalue weighted by Crippen LogP contribution is -1.87. The molecule has 0 radical (unpaired) electrons. The quantitative estimate of drug-likeness (QED) is 0.156. The van der Waals surface area contributed by atoms with Crippen LogP contribution in [-0.2, 0) is 0 Å². The van der Waals surface area contributed by atoms with Gasteiger partial charge in [0.15, 0.2) is 0 Å². The van der Waals surface area contributed by atoms with E-state index in [0.29, 0.717) is 0 Å². The molecule has 0 aliphatic heterocycles. The van der Waals surface area contributed by atoms with Gasteiger partial charge in [-0.05, 0) is 84.1 Å². The SMILES string of the molecule is [2H]c1c([2H])c(-c2c3c([2H])c([2H])c([2H])c([2H])c3c([2H])c3c2c([2H])c([2H])c2c([2H])c([2H])c([2H])c([2H])c23)c([2H])c([2H])c1-c1c([2H])c([2H])c2oc3c4c([2H])c([2H])c([2H])c([2H])c4c([2H])c([2H])c3c2c1[2H]. The zero-order valence-corrected chi connectivity index (χ0v) is 20.4. The highest BCUT2D eigenvalue weighted by Gasteiger charge is 2.14. The highest BCUT2D eigenvalue weighted by molar-refractivity contribution is 6.20. The summed E-state index contributed by atoms with van der Waals surface area (Å²) in [7, 11) is 0. The van der Waals surface area contributed by atoms with Gasteiger partial charge in [0.25, 0.3) is 0 Å². The van der Waals surface area contributed by atoms with Gasteiger partial charge in [-0.1, -0.05) is 121 Å². The normalized spacial score (nSPS) is 20.1. The summed E-state index contributed by atoms with van der Waals surface area (Å²) in [4.78, 5) is 0. The van der Waals surface area contributed by atoms with Crippen molar-refractivity contribution in [3.63, 3.8) is 0 Å². The molecule has 1 aromatic heterocycles. The Morgan fingerprint density at radius 2 is 0.976 bits per heavy atom. The van der Waals surface area contributed by atoms with E-state index in [1.807, 2.05) is 0 Å². The van der Waals surface area contributed by atoms with Crippen molar-refractivity contribution in [3.05, 3.63) is 145 Å². The molecule has 190 valence electrons. The third-order valence-electron chi connectivity index (χ3n) is 6.75. The molecule has 1 heteroatoms. The fraction of sp³-hybridized carbons (Fsp3) is 0. The van der Waals surface area contributed by atoms with E-state index < -0.39 is 222 Å². The molecule has 1 heterocycles. The largest absolute Gasteiger partial charge is 0.455 e. The van der Waals surface area contributed by atoms with Crippen molar-refractivity contribution >= 4 is 65.0 Å². The molecule has 0 saturated carbocycles. The molecule has 0 fully saturated rings. The lowest BCUT2D eigenvalue weighted by molar-refractivity contribution is 0.672. The second-order valence-corrected chi connectivity index (χ2v) is 9.01. The standard InChI is InChI=1S/C40H24O/c1-4-10-31-26(7-1)17-20-34-36(31)24-30-9-3-5-11-32(30)39(34)28-15-13-25(14-16-28)29-19-22-38-37(23-29)35-21-18-27-8-2-6-12-33(27)40(35)41-38/h1-24H/i1D,2D,3D,4D,5D,6D,7D,8D,9D,10D,11D,12D,13D,14D,15D,16D,17D,18D,19D,20D,21D,22D,23D,24D. The van der Waals surface area contributed by atoms with Crippen LogP contribution in [0.3, 0.4) is 0 Å². The molecule has 0 aliphatic carbocycles. The second-order valence-electron chi connectivity index (χ2n) is 9.01. The molecule has 0 spiro atoms. The van der Waals surface area contributed by atoms with Gasteiger partial charge in [0.1, 0.15) is 11.2 Å². The summed E-state index contributed by atoms with van der Waals surface area (Å²) in [5, 5.41) is -4.82. The maximum Gasteiger partial charge on any atom is 0.143 e. The van der Waals surface area contributed by atoms with E-state index in [2.05, 4.69) is 0 Å². The van der Waals surface area contributed by atoms with Crippen LogP contribution in [0.2, 0.25) is 0 Å². The highest BCUT2D eigenvalue weighted by atomic mass is 16.3. The first-order chi connectivity index (χ1) is 30.3. The first-order valence-corrected chi connectivity index (χ1v) is 12.2. The van der Waals surface area contributed by atoms with Crippen LogP contribution in [0, 0.1) is 0 Å². The van der Waals surface area contributed by atoms with Crippen LogP contribution in [0.15, 0.2) is 149 Å². The summed E-state index contributed by atoms with van der Waals surface area (Å²) >= 11 is 0. The molecule has 9 rings (SSSR count). The fourth-order valence-electron chi connectivity index (χ4n) is 4.91. The van der Waals surface area contributed by atoms with Gasteiger partial charge in [-0.3, -0.25) is 0 Å². The van der Waals surface area contributed by atoms with E-state index in [0.717, 1.165) is 0 Å². The summed E-state index contributed by atoms with van der Waals surface area (Å²) in [6.07, 6.45) is 0. The topological polar surface area (TPSA) is 13.1 Å². The van der Waals surface area contributed by atoms with E-state index in [1.54, 1.807) is 0 Å². The number of furan rings is 1. The van der Waals surface area contributed by atoms with Crippen LogP contribution in [-0.4, -0.2) is 0 Å². The van der Waals surface area contributed by atoms with Crippen molar-refractivity contribution in [1.29, 1.82) is 0 Å². The lowest BCUT2D eigenvalue weighted by atomic mass is 9.89. The Hall–Kier alpha value is -5.40. The van der Waals surface area contributed by atoms with E-state index in [9.17, 15) is 9.60 Å². The molecule has 0 atom stereocenters. The van der Waals surface area contributed by atoms with Gasteiger partial charge in [0.2, 0.25) is 0 Å². The van der Waals surface area contributed by atoms with Crippen LogP contribution >= 0.6 is 0 Å². The minimum Gasteiger partial charge on any atom is -0.455 e. The Bertz CT molecular complexity index is 3790. The Morgan fingerprint density at radius 3 is 1.78 bits per heavy atom. The molecule has 0 amide bonds. The zero-order valence-electron chi connectivity index (χ0n) is 44.4. The van der Waals surface area contributed by atoms with Crippen molar-refractivity contribution in [1.82, 2.24) is 0 Å². The Labute approximate surface area is 270 Å². The van der Waals surface area contributed by atoms with E-state index in [1.165, 1.54) is 0 Å². The van der Waals surface area contributed by atoms with Gasteiger partial charge < -0.3 is 4.42 Å². The van der Waals surface area contributed by atoms with Crippen molar-refractivity contribution < 1.29 is 37.3 Å². The van der Waals surface area contributed by atoms with E-state index in [4.69, 9.17) is 27.7 Å². The molecule has 41 heavy (non-hydrogen) atoms. The highest BCUT2D eigenvalue weighted by Crippen LogP contribution is 2.40. The molecular weight excluding hydrogens is 496 g/mol. The fourth-order valence-corrected chi connectivity index (χ4v) is 4.91. The number of rotatable bonds is 2. The Balaban J connectivity index is 1.48. The molecule has 1 nitrogen and oxygen atoms in total. The summed E-state index contributed by atoms with van der Waals surface area (Å²) in [6.45, 7) is 0. The smallest absolute Gasteiger partial charge is 0.143 e. The van der Waals surface area contributed by atoms with Crippen LogP contribution in [0.1, 0.15) is 32.9 Å². The lowest BCUT2D eigenvalue weighted by Gasteiger charge is -2.14. The minimum absolute atomic E-state index is 0.354. The predicted octanol–water partition coefficient (Wildman–Crippen LogP) is 11.5. The average Bonchev–Trinajstić information content (AvgIpc) is 3.68. The van der Waals surface area contributed by atoms with Gasteiger partial charge >= 0.3 is 0 Å². The number of hydrogen-bond donors (Lipinski definition) is 0. The summed E-state index contributed by atoms with van der Waals surface area (Å²) in [5.41, 5.74) is -3.80. The maximum atomic E-state index is 9.43. The van der Waals surface area contributed by atoms with E-state index >= 15 is 0 Å². The number of benzene rings is 8. The molecule has 0 N–H and O–H groups in total. The molecule has 8 aromatic carbocycles. The monoisotopic (exact) mass is 544 g/mol. The van der Waals surface area contributed by atoms with Crippen molar-refractivity contribution in [2.75, 3.05) is 0 Å². The van der Waals surface area contributed by atoms with Crippen molar-refractivity contribution in [2.24, 2.45) is 0 Å². The minimum atomic E-state index is -1.01. The summed E-state index contributed by atoms with van der Waals surface area (Å²) in [5.74, 6) is 0. The van der Waals surface area contributed by atoms with Gasteiger partial charge in [-0.15, -0.1) is 0 Å². The van der Waals surface area contributed by atoms with Gasteiger partial charge in [-0.25, -0.2) is 0 Å². The predicted molar refractivity (Wildman–Crippen MR) is 175 cm³/mol. The first-order valence-electron chi connectivity index (χ1n) is 24.2. The van der Waals surface area contributed by atoms with Crippen LogP contribution in [0.25, 0.3) is 87.3 Å². The van der Waals surface area contributed by atoms with Gasteiger partial charge in [0.05, 0.1) is 32.9 Å². The third-order valence-corrected chi connectivity index (χ3v) is 6.75. The molecule has 0 bridgehead atoms. The van der Waals surface area contributed by atoms with Gasteiger partial charge in [0, 0.05) is 16.2 Å². The molecule has 0 unspecified atom stereocenters. The second kappa shape index (κ2) is 8.55. The molecule has 0 aliphatic rings. The Kier molecular flexibility index (Phi) is 1.94. The van der Waals surface area contributed by atoms with Crippen LogP contribution in [0.5, 0.6) is 0 Å². The molecule has 0 saturated heterocycles. The first kappa shape index (κ1) is 9.33. The Morgan fingerprint density at radius 1 is 0.366 bits per heavy atom. The summed E-state index contributed by atoms with van der Waals surface area (Å²) < 4.78 is 218. The molecule has 9 aromatic rings.